The number of rotatable bonds is 8. The third-order valence-corrected chi connectivity index (χ3v) is 2.94. The average Bonchev–Trinajstić information content (AvgIpc) is 2.30. The number of hydrogen-bond donors (Lipinski definition) is 0. The molecule has 96 valence electrons. The van der Waals surface area contributed by atoms with E-state index < -0.39 is 0 Å². The molecule has 1 aliphatic heterocycles. The summed E-state index contributed by atoms with van der Waals surface area (Å²) in [5, 5.41) is 0. The van der Waals surface area contributed by atoms with Crippen LogP contribution in [0.3, 0.4) is 0 Å². The minimum absolute atomic E-state index is 0.727. The minimum Gasteiger partial charge on any atom is -0.379 e. The third-order valence-electron chi connectivity index (χ3n) is 2.94. The zero-order valence-electron chi connectivity index (χ0n) is 10.8. The Morgan fingerprint density at radius 2 is 1.62 bits per heavy atom. The quantitative estimate of drug-likeness (QED) is 0.572. The molecule has 0 amide bonds. The summed E-state index contributed by atoms with van der Waals surface area (Å²) in [7, 11) is 2.19. The van der Waals surface area contributed by atoms with Crippen molar-refractivity contribution in [2.24, 2.45) is 0 Å². The van der Waals surface area contributed by atoms with E-state index >= 15 is 0 Å². The molecule has 0 aromatic rings. The summed E-state index contributed by atoms with van der Waals surface area (Å²) in [6, 6.07) is 0. The van der Waals surface area contributed by atoms with Crippen LogP contribution in [-0.2, 0) is 9.47 Å². The summed E-state index contributed by atoms with van der Waals surface area (Å²) in [6.07, 6.45) is 1.13. The Kier molecular flexibility index (Phi) is 7.76. The lowest BCUT2D eigenvalue weighted by molar-refractivity contribution is 0.0469. The van der Waals surface area contributed by atoms with Gasteiger partial charge in [-0.3, -0.25) is 0 Å². The molecule has 1 heterocycles. The van der Waals surface area contributed by atoms with Gasteiger partial charge in [-0.1, -0.05) is 0 Å². The van der Waals surface area contributed by atoms with Gasteiger partial charge >= 0.3 is 0 Å². The summed E-state index contributed by atoms with van der Waals surface area (Å²) >= 11 is 0. The Balaban J connectivity index is 1.84. The molecule has 0 N–H and O–H groups in total. The largest absolute Gasteiger partial charge is 0.379 e. The Labute approximate surface area is 99.5 Å². The first-order chi connectivity index (χ1) is 7.83. The van der Waals surface area contributed by atoms with Crippen molar-refractivity contribution in [3.05, 3.63) is 0 Å². The standard InChI is InChI=1S/C12H26N2O2/c1-3-15-11-12-16-10-4-5-14-8-6-13(2)7-9-14/h3-12H2,1-2H3. The second-order valence-corrected chi connectivity index (χ2v) is 4.31. The maximum absolute atomic E-state index is 5.49. The third kappa shape index (κ3) is 6.43. The first kappa shape index (κ1) is 13.9. The highest BCUT2D eigenvalue weighted by Gasteiger charge is 2.12. The van der Waals surface area contributed by atoms with Gasteiger partial charge in [0.1, 0.15) is 0 Å². The zero-order valence-corrected chi connectivity index (χ0v) is 10.8. The van der Waals surface area contributed by atoms with Crippen molar-refractivity contribution < 1.29 is 9.47 Å². The Hall–Kier alpha value is -0.160. The first-order valence-corrected chi connectivity index (χ1v) is 6.39. The van der Waals surface area contributed by atoms with E-state index in [1.807, 2.05) is 6.92 Å². The molecule has 0 bridgehead atoms. The second-order valence-electron chi connectivity index (χ2n) is 4.31. The van der Waals surface area contributed by atoms with E-state index in [1.165, 1.54) is 32.7 Å². The number of nitrogens with zero attached hydrogens (tertiary/aromatic N) is 2. The fraction of sp³-hybridized carbons (Fsp3) is 1.00. The highest BCUT2D eigenvalue weighted by molar-refractivity contribution is 4.68. The van der Waals surface area contributed by atoms with E-state index in [0.717, 1.165) is 32.8 Å². The maximum Gasteiger partial charge on any atom is 0.0700 e. The molecule has 0 aromatic heterocycles. The lowest BCUT2D eigenvalue weighted by atomic mass is 10.3. The van der Waals surface area contributed by atoms with Crippen LogP contribution in [0.4, 0.5) is 0 Å². The van der Waals surface area contributed by atoms with E-state index in [9.17, 15) is 0 Å². The van der Waals surface area contributed by atoms with Crippen LogP contribution in [0.1, 0.15) is 13.3 Å². The predicted octanol–water partition coefficient (Wildman–Crippen LogP) is 0.677. The number of piperazine rings is 1. The molecule has 1 fully saturated rings. The van der Waals surface area contributed by atoms with Crippen LogP contribution in [0.25, 0.3) is 0 Å². The smallest absolute Gasteiger partial charge is 0.0700 e. The van der Waals surface area contributed by atoms with Gasteiger partial charge in [0.15, 0.2) is 0 Å². The molecule has 4 nitrogen and oxygen atoms in total. The molecule has 1 rings (SSSR count). The van der Waals surface area contributed by atoms with Crippen molar-refractivity contribution in [1.29, 1.82) is 0 Å². The lowest BCUT2D eigenvalue weighted by Gasteiger charge is -2.32. The summed E-state index contributed by atoms with van der Waals surface area (Å²) in [6.45, 7) is 11.1. The van der Waals surface area contributed by atoms with Crippen LogP contribution in [-0.4, -0.2) is 76.0 Å². The summed E-state index contributed by atoms with van der Waals surface area (Å²) in [5.41, 5.74) is 0. The van der Waals surface area contributed by atoms with Crippen LogP contribution in [0, 0.1) is 0 Å². The van der Waals surface area contributed by atoms with E-state index in [-0.39, 0.29) is 0 Å². The first-order valence-electron chi connectivity index (χ1n) is 6.39. The molecule has 16 heavy (non-hydrogen) atoms. The van der Waals surface area contributed by atoms with Crippen molar-refractivity contribution in [1.82, 2.24) is 9.80 Å². The summed E-state index contributed by atoms with van der Waals surface area (Å²) in [4.78, 5) is 4.90. The van der Waals surface area contributed by atoms with Gasteiger partial charge < -0.3 is 19.3 Å². The molecule has 0 aliphatic carbocycles. The average molecular weight is 230 g/mol. The van der Waals surface area contributed by atoms with Crippen molar-refractivity contribution >= 4 is 0 Å². The predicted molar refractivity (Wildman–Crippen MR) is 65.9 cm³/mol. The van der Waals surface area contributed by atoms with E-state index in [1.54, 1.807) is 0 Å². The van der Waals surface area contributed by atoms with Crippen LogP contribution in [0.5, 0.6) is 0 Å². The lowest BCUT2D eigenvalue weighted by Crippen LogP contribution is -2.44. The molecule has 1 saturated heterocycles. The van der Waals surface area contributed by atoms with E-state index in [2.05, 4.69) is 16.8 Å². The molecule has 0 unspecified atom stereocenters. The number of ether oxygens (including phenoxy) is 2. The molecule has 0 spiro atoms. The molecular formula is C12H26N2O2. The zero-order chi connectivity index (χ0) is 11.6. The molecule has 1 aliphatic rings. The van der Waals surface area contributed by atoms with Gasteiger partial charge in [0.2, 0.25) is 0 Å². The van der Waals surface area contributed by atoms with Gasteiger partial charge in [0.25, 0.3) is 0 Å². The monoisotopic (exact) mass is 230 g/mol. The molecule has 0 radical (unpaired) electrons. The van der Waals surface area contributed by atoms with Gasteiger partial charge in [-0.05, 0) is 20.4 Å². The Morgan fingerprint density at radius 1 is 0.938 bits per heavy atom. The molecule has 0 saturated carbocycles. The molecule has 4 heteroatoms. The Morgan fingerprint density at radius 3 is 2.31 bits per heavy atom. The summed E-state index contributed by atoms with van der Waals surface area (Å²) < 4.78 is 10.7. The normalized spacial score (nSPS) is 19.1. The SMILES string of the molecule is CCOCCOCCCN1CCN(C)CC1. The molecule has 0 atom stereocenters. The van der Waals surface area contributed by atoms with E-state index in [4.69, 9.17) is 9.47 Å². The van der Waals surface area contributed by atoms with E-state index in [0.29, 0.717) is 0 Å². The number of likely N-dealkylation sites (N-methyl/N-ethyl adjacent to an activating group) is 1. The van der Waals surface area contributed by atoms with Crippen molar-refractivity contribution in [2.75, 3.05) is 66.2 Å². The van der Waals surface area contributed by atoms with Crippen molar-refractivity contribution in [3.63, 3.8) is 0 Å². The van der Waals surface area contributed by atoms with Crippen LogP contribution >= 0.6 is 0 Å². The Bertz CT molecular complexity index is 159. The summed E-state index contributed by atoms with van der Waals surface area (Å²) in [5.74, 6) is 0. The number of hydrogen-bond acceptors (Lipinski definition) is 4. The van der Waals surface area contributed by atoms with Gasteiger partial charge in [-0.2, -0.15) is 0 Å². The van der Waals surface area contributed by atoms with Crippen molar-refractivity contribution in [2.45, 2.75) is 13.3 Å². The van der Waals surface area contributed by atoms with Gasteiger partial charge in [-0.15, -0.1) is 0 Å². The fourth-order valence-electron chi connectivity index (χ4n) is 1.83. The van der Waals surface area contributed by atoms with Gasteiger partial charge in [0, 0.05) is 45.9 Å². The second kappa shape index (κ2) is 8.93. The molecule has 0 aromatic carbocycles. The van der Waals surface area contributed by atoms with Gasteiger partial charge in [-0.25, -0.2) is 0 Å². The van der Waals surface area contributed by atoms with Crippen LogP contribution in [0.15, 0.2) is 0 Å². The molecular weight excluding hydrogens is 204 g/mol. The van der Waals surface area contributed by atoms with Crippen LogP contribution in [0.2, 0.25) is 0 Å². The topological polar surface area (TPSA) is 24.9 Å². The van der Waals surface area contributed by atoms with Crippen LogP contribution < -0.4 is 0 Å². The minimum atomic E-state index is 0.727. The maximum atomic E-state index is 5.49. The van der Waals surface area contributed by atoms with Crippen molar-refractivity contribution in [3.8, 4) is 0 Å². The highest BCUT2D eigenvalue weighted by Crippen LogP contribution is 1.99. The highest BCUT2D eigenvalue weighted by atomic mass is 16.5. The van der Waals surface area contributed by atoms with Gasteiger partial charge in [0.05, 0.1) is 13.2 Å². The fourth-order valence-corrected chi connectivity index (χ4v) is 1.83.